The molecule has 6 aliphatic rings. The maximum absolute atomic E-state index is 14.5. The van der Waals surface area contributed by atoms with Crippen molar-refractivity contribution in [3.63, 3.8) is 0 Å². The van der Waals surface area contributed by atoms with Crippen LogP contribution in [0.2, 0.25) is 0 Å². The highest BCUT2D eigenvalue weighted by Crippen LogP contribution is 2.54. The van der Waals surface area contributed by atoms with Gasteiger partial charge in [0.2, 0.25) is 0 Å². The highest BCUT2D eigenvalue weighted by molar-refractivity contribution is 7.10. The van der Waals surface area contributed by atoms with Gasteiger partial charge in [0, 0.05) is 47.5 Å². The van der Waals surface area contributed by atoms with Crippen molar-refractivity contribution in [1.82, 2.24) is 20.0 Å². The molecule has 11 heteroatoms. The number of fused-ring (bicyclic) bond motifs is 3. The second-order valence-electron chi connectivity index (χ2n) is 13.8. The first-order chi connectivity index (χ1) is 21.4. The van der Waals surface area contributed by atoms with E-state index in [1.165, 1.54) is 4.88 Å². The van der Waals surface area contributed by atoms with Crippen LogP contribution in [0.15, 0.2) is 5.38 Å². The SMILES string of the molecule is CCN1C(=O)[C@@H](NC(=O)c2csc3c2CCC(C)C3)[C@@H](C2CC2)c2c(C(=O)N3[C@H](C#N)C[C@H]4C[C@H]43)nn(C3CCOCC3)c21. The molecule has 0 bridgehead atoms. The molecule has 2 aromatic heterocycles. The number of thiophene rings is 1. The lowest BCUT2D eigenvalue weighted by Gasteiger charge is -2.39. The standard InChI is InChI=1S/C33H40N6O4S/c1-3-37-31-27(29(36-39(31)20-8-10-43-11-9-20)33(42)38-21(15-34)13-19-14-24(19)38)26(18-5-6-18)28(32(37)41)35-30(40)23-16-44-25-12-17(2)4-7-22(23)25/h16-21,24,26,28H,3-14H2,1-2H3,(H,35,40)/t17?,19-,21-,24+,26-,28-/m0/s1. The Morgan fingerprint density at radius 1 is 1.16 bits per heavy atom. The van der Waals surface area contributed by atoms with Crippen molar-refractivity contribution in [3.05, 3.63) is 32.6 Å². The number of rotatable bonds is 6. The number of likely N-dealkylation sites (tertiary alicyclic amines) is 1. The van der Waals surface area contributed by atoms with Crippen LogP contribution < -0.4 is 10.2 Å². The molecule has 1 N–H and O–H groups in total. The van der Waals surface area contributed by atoms with Gasteiger partial charge in [0.25, 0.3) is 17.7 Å². The number of piperidine rings is 1. The smallest absolute Gasteiger partial charge is 0.276 e. The van der Waals surface area contributed by atoms with Crippen LogP contribution in [0.3, 0.4) is 0 Å². The molecule has 0 aromatic carbocycles. The van der Waals surface area contributed by atoms with Gasteiger partial charge in [0.15, 0.2) is 5.69 Å². The predicted molar refractivity (Wildman–Crippen MR) is 164 cm³/mol. The number of hydrogen-bond donors (Lipinski definition) is 1. The topological polar surface area (TPSA) is 121 Å². The fraction of sp³-hybridized carbons (Fsp3) is 0.667. The molecule has 1 unspecified atom stereocenters. The van der Waals surface area contributed by atoms with E-state index in [-0.39, 0.29) is 41.6 Å². The molecule has 2 aromatic rings. The van der Waals surface area contributed by atoms with Crippen molar-refractivity contribution < 1.29 is 19.1 Å². The maximum Gasteiger partial charge on any atom is 0.276 e. The number of nitrogens with zero attached hydrogens (tertiary/aromatic N) is 5. The summed E-state index contributed by atoms with van der Waals surface area (Å²) in [5.41, 5.74) is 2.97. The number of aromatic nitrogens is 2. The number of amides is 3. The van der Waals surface area contributed by atoms with Crippen molar-refractivity contribution in [1.29, 1.82) is 5.26 Å². The van der Waals surface area contributed by atoms with E-state index in [1.807, 2.05) is 17.0 Å². The van der Waals surface area contributed by atoms with E-state index >= 15 is 0 Å². The summed E-state index contributed by atoms with van der Waals surface area (Å²) in [4.78, 5) is 47.7. The van der Waals surface area contributed by atoms with Crippen LogP contribution in [0.5, 0.6) is 0 Å². The molecule has 3 aliphatic carbocycles. The number of nitriles is 1. The average Bonchev–Trinajstić information content (AvgIpc) is 3.90. The summed E-state index contributed by atoms with van der Waals surface area (Å²) in [5.74, 6) is 1.00. The molecule has 6 atom stereocenters. The lowest BCUT2D eigenvalue weighted by atomic mass is 9.82. The summed E-state index contributed by atoms with van der Waals surface area (Å²) in [7, 11) is 0. The van der Waals surface area contributed by atoms with E-state index in [4.69, 9.17) is 9.84 Å². The zero-order valence-corrected chi connectivity index (χ0v) is 26.3. The van der Waals surface area contributed by atoms with Gasteiger partial charge in [-0.15, -0.1) is 11.3 Å². The zero-order chi connectivity index (χ0) is 30.3. The van der Waals surface area contributed by atoms with Gasteiger partial charge < -0.3 is 15.0 Å². The van der Waals surface area contributed by atoms with Gasteiger partial charge in [-0.2, -0.15) is 10.4 Å². The minimum atomic E-state index is -0.779. The number of ether oxygens (including phenoxy) is 1. The van der Waals surface area contributed by atoms with Crippen molar-refractivity contribution >= 4 is 34.9 Å². The Hall–Kier alpha value is -3.23. The fourth-order valence-electron chi connectivity index (χ4n) is 8.44. The summed E-state index contributed by atoms with van der Waals surface area (Å²) >= 11 is 1.65. The molecular weight excluding hydrogens is 576 g/mol. The Bertz CT molecular complexity index is 1560. The minimum absolute atomic E-state index is 0.00521. The molecule has 4 fully saturated rings. The summed E-state index contributed by atoms with van der Waals surface area (Å²) in [5, 5.41) is 20.2. The molecule has 2 saturated heterocycles. The van der Waals surface area contributed by atoms with Gasteiger partial charge in [0.1, 0.15) is 17.9 Å². The summed E-state index contributed by atoms with van der Waals surface area (Å²) in [6.45, 7) is 5.80. The minimum Gasteiger partial charge on any atom is -0.381 e. The summed E-state index contributed by atoms with van der Waals surface area (Å²) in [6, 6.07) is 1.22. The van der Waals surface area contributed by atoms with Gasteiger partial charge in [-0.05, 0) is 88.0 Å². The van der Waals surface area contributed by atoms with Gasteiger partial charge in [-0.1, -0.05) is 6.92 Å². The second kappa shape index (κ2) is 10.7. The number of carbonyl (C=O) groups excluding carboxylic acids is 3. The van der Waals surface area contributed by atoms with Crippen molar-refractivity contribution in [2.45, 2.75) is 102 Å². The molecule has 5 heterocycles. The average molecular weight is 617 g/mol. The molecule has 10 nitrogen and oxygen atoms in total. The van der Waals surface area contributed by atoms with Crippen molar-refractivity contribution in [3.8, 4) is 6.07 Å². The van der Waals surface area contributed by atoms with Crippen molar-refractivity contribution in [2.75, 3.05) is 24.7 Å². The highest BCUT2D eigenvalue weighted by Gasteiger charge is 2.57. The predicted octanol–water partition coefficient (Wildman–Crippen LogP) is 4.21. The van der Waals surface area contributed by atoms with E-state index < -0.39 is 12.1 Å². The van der Waals surface area contributed by atoms with Crippen LogP contribution in [0.4, 0.5) is 5.82 Å². The monoisotopic (exact) mass is 616 g/mol. The van der Waals surface area contributed by atoms with E-state index in [9.17, 15) is 19.6 Å². The normalized spacial score (nSPS) is 31.2. The van der Waals surface area contributed by atoms with Gasteiger partial charge in [0.05, 0.1) is 17.7 Å². The first-order valence-corrected chi connectivity index (χ1v) is 17.4. The molecule has 8 rings (SSSR count). The van der Waals surface area contributed by atoms with Crippen LogP contribution in [0, 0.1) is 29.1 Å². The number of likely N-dealkylation sites (N-methyl/N-ethyl adjacent to an activating group) is 1. The fourth-order valence-corrected chi connectivity index (χ4v) is 9.69. The van der Waals surface area contributed by atoms with E-state index in [0.29, 0.717) is 55.1 Å². The quantitative estimate of drug-likeness (QED) is 0.519. The third kappa shape index (κ3) is 4.43. The lowest BCUT2D eigenvalue weighted by molar-refractivity contribution is -0.121. The van der Waals surface area contributed by atoms with Crippen molar-refractivity contribution in [2.24, 2.45) is 17.8 Å². The van der Waals surface area contributed by atoms with Gasteiger partial charge >= 0.3 is 0 Å². The Labute approximate surface area is 261 Å². The molecule has 3 amide bonds. The third-order valence-corrected chi connectivity index (χ3v) is 12.1. The van der Waals surface area contributed by atoms with E-state index in [1.54, 1.807) is 21.1 Å². The summed E-state index contributed by atoms with van der Waals surface area (Å²) < 4.78 is 7.58. The van der Waals surface area contributed by atoms with Crippen LogP contribution in [-0.2, 0) is 22.4 Å². The molecule has 232 valence electrons. The van der Waals surface area contributed by atoms with E-state index in [2.05, 4.69) is 18.3 Å². The molecule has 0 radical (unpaired) electrons. The van der Waals surface area contributed by atoms with Crippen LogP contribution >= 0.6 is 11.3 Å². The molecule has 44 heavy (non-hydrogen) atoms. The second-order valence-corrected chi connectivity index (χ2v) is 14.8. The molecule has 2 saturated carbocycles. The number of anilines is 1. The molecule has 3 aliphatic heterocycles. The third-order valence-electron chi connectivity index (χ3n) is 11.0. The van der Waals surface area contributed by atoms with Crippen LogP contribution in [0.25, 0.3) is 0 Å². The molecule has 0 spiro atoms. The number of nitrogens with one attached hydrogen (secondary N) is 1. The number of hydrogen-bond acceptors (Lipinski definition) is 7. The van der Waals surface area contributed by atoms with Gasteiger partial charge in [-0.25, -0.2) is 4.68 Å². The van der Waals surface area contributed by atoms with Crippen LogP contribution in [-0.4, -0.2) is 70.3 Å². The van der Waals surface area contributed by atoms with Crippen LogP contribution in [0.1, 0.15) is 108 Å². The summed E-state index contributed by atoms with van der Waals surface area (Å²) in [6.07, 6.45) is 7.95. The van der Waals surface area contributed by atoms with E-state index in [0.717, 1.165) is 62.5 Å². The first-order valence-electron chi connectivity index (χ1n) is 16.5. The maximum atomic E-state index is 14.5. The first kappa shape index (κ1) is 28.3. The Morgan fingerprint density at radius 2 is 1.95 bits per heavy atom. The molecular formula is C33H40N6O4S. The Morgan fingerprint density at radius 3 is 2.68 bits per heavy atom. The Kier molecular flexibility index (Phi) is 6.87. The number of carbonyl (C=O) groups is 3. The Balaban J connectivity index is 1.22. The van der Waals surface area contributed by atoms with Gasteiger partial charge in [-0.3, -0.25) is 19.3 Å². The largest absolute Gasteiger partial charge is 0.381 e. The highest BCUT2D eigenvalue weighted by atomic mass is 32.1. The lowest BCUT2D eigenvalue weighted by Crippen LogP contribution is -2.56. The zero-order valence-electron chi connectivity index (χ0n) is 25.5.